The molecule has 0 spiro atoms. The summed E-state index contributed by atoms with van der Waals surface area (Å²) < 4.78 is 19.7. The normalized spacial score (nSPS) is 12.4. The molecule has 0 aliphatic heterocycles. The van der Waals surface area contributed by atoms with Crippen LogP contribution in [0.25, 0.3) is 116 Å². The number of ether oxygens (including phenoxy) is 1. The van der Waals surface area contributed by atoms with Crippen LogP contribution in [0.5, 0.6) is 11.5 Å². The molecule has 444 valence electrons. The minimum Gasteiger partial charge on any atom is -0.510 e. The van der Waals surface area contributed by atoms with Crippen LogP contribution in [0.15, 0.2) is 223 Å². The van der Waals surface area contributed by atoms with Crippen molar-refractivity contribution in [3.63, 3.8) is 0 Å². The van der Waals surface area contributed by atoms with Gasteiger partial charge in [-0.15, -0.1) is 29.7 Å². The van der Waals surface area contributed by atoms with Gasteiger partial charge < -0.3 is 18.3 Å². The second-order valence-electron chi connectivity index (χ2n) is 27.8. The Labute approximate surface area is 537 Å². The number of benzene rings is 10. The number of aromatic nitrogens is 4. The quantitative estimate of drug-likeness (QED) is 0.107. The monoisotopic (exact) mass is 1340 g/mol. The molecule has 6 nitrogen and oxygen atoms in total. The molecule has 14 rings (SSSR count). The van der Waals surface area contributed by atoms with Crippen molar-refractivity contribution in [3.8, 4) is 73.2 Å². The summed E-state index contributed by atoms with van der Waals surface area (Å²) in [6, 6.07) is 83.3. The first kappa shape index (κ1) is 58.9. The van der Waals surface area contributed by atoms with Gasteiger partial charge in [0.15, 0.2) is 0 Å². The molecule has 0 unspecified atom stereocenters. The summed E-state index contributed by atoms with van der Waals surface area (Å²) in [6.45, 7) is 27.7. The number of imidazole rings is 1. The van der Waals surface area contributed by atoms with E-state index in [0.29, 0.717) is 11.5 Å². The minimum atomic E-state index is -0.0367. The van der Waals surface area contributed by atoms with E-state index >= 15 is 0 Å². The fraction of sp³-hybridized carbons (Fsp3) is 0.195. The standard InChI is InChI=1S/C82H72N4O2.Pt/c1-79(2,3)59-42-57(43-60(46-59)80(4,5)6)55-39-54(40-56(41-55)58-44-61(81(7,8)9)47-62(45-58)82(10,11)12)53-33-38-76(83-50-53)86-70-29-18-16-27-67(70)68-35-34-65(49-73(68)86)87-64-26-22-25-63(48-64)84-51-85(72-31-20-19-30-71(72)84)78-66(52-23-14-13-15-24-52)36-37-75-77(78)69-28-17-21-32-74(69)88-75;/h13-47,50H,1-12H3;/q-2;. The van der Waals surface area contributed by atoms with E-state index in [1.165, 1.54) is 44.5 Å². The molecule has 0 radical (unpaired) electrons. The van der Waals surface area contributed by atoms with Gasteiger partial charge in [0.25, 0.3) is 6.33 Å². The molecule has 14 aromatic rings. The predicted molar refractivity (Wildman–Crippen MR) is 364 cm³/mol. The van der Waals surface area contributed by atoms with Crippen molar-refractivity contribution in [2.24, 2.45) is 0 Å². The number of rotatable bonds is 9. The molecular formula is C82H72N4O2Pt-2. The van der Waals surface area contributed by atoms with Gasteiger partial charge in [-0.1, -0.05) is 222 Å². The summed E-state index contributed by atoms with van der Waals surface area (Å²) in [5.41, 5.74) is 21.5. The zero-order valence-corrected chi connectivity index (χ0v) is 55.0. The maximum absolute atomic E-state index is 6.80. The predicted octanol–water partition coefficient (Wildman–Crippen LogP) is 21.3. The fourth-order valence-corrected chi connectivity index (χ4v) is 12.3. The van der Waals surface area contributed by atoms with Crippen molar-refractivity contribution in [3.05, 3.63) is 259 Å². The zero-order valence-electron chi connectivity index (χ0n) is 52.7. The van der Waals surface area contributed by atoms with E-state index in [2.05, 4.69) is 291 Å². The van der Waals surface area contributed by atoms with Crippen LogP contribution in [0.4, 0.5) is 0 Å². The molecule has 10 aromatic carbocycles. The van der Waals surface area contributed by atoms with Gasteiger partial charge in [0.05, 0.1) is 16.7 Å². The van der Waals surface area contributed by atoms with Gasteiger partial charge in [-0.05, 0) is 142 Å². The Kier molecular flexibility index (Phi) is 14.7. The third kappa shape index (κ3) is 11.0. The van der Waals surface area contributed by atoms with Gasteiger partial charge in [0.1, 0.15) is 17.0 Å². The van der Waals surface area contributed by atoms with Crippen molar-refractivity contribution >= 4 is 54.8 Å². The molecule has 0 amide bonds. The molecule has 7 heteroatoms. The van der Waals surface area contributed by atoms with Crippen LogP contribution in [0, 0.1) is 18.5 Å². The first-order chi connectivity index (χ1) is 42.1. The smallest absolute Gasteiger partial charge is 0.268 e. The van der Waals surface area contributed by atoms with Gasteiger partial charge in [-0.2, -0.15) is 18.2 Å². The zero-order chi connectivity index (χ0) is 61.0. The Morgan fingerprint density at radius 1 is 0.427 bits per heavy atom. The number of furan rings is 1. The van der Waals surface area contributed by atoms with Crippen molar-refractivity contribution in [2.75, 3.05) is 0 Å². The van der Waals surface area contributed by atoms with Gasteiger partial charge in [0, 0.05) is 60.6 Å². The second kappa shape index (κ2) is 22.2. The number of nitrogens with zero attached hydrogens (tertiary/aromatic N) is 4. The van der Waals surface area contributed by atoms with E-state index in [0.717, 1.165) is 94.2 Å². The summed E-state index contributed by atoms with van der Waals surface area (Å²) in [5.74, 6) is 1.89. The van der Waals surface area contributed by atoms with E-state index in [1.54, 1.807) is 0 Å². The summed E-state index contributed by atoms with van der Waals surface area (Å²) in [4.78, 5) is 5.33. The Morgan fingerprint density at radius 2 is 0.978 bits per heavy atom. The second-order valence-corrected chi connectivity index (χ2v) is 27.8. The SMILES string of the molecule is CC(C)(C)c1cc(-c2cc(-c3ccc(-n4c5[c-]c(Oc6[c-]c(-n7[c-][n+](-c8c(-c9ccccc9)ccc9oc%10ccccc%10c89)c8ccccc87)ccc6)ccc5c5ccccc54)nc3)cc(-c3cc(C(C)(C)C)cc(C(C)(C)C)c3)c2)cc(C(C)(C)C)c1.[Pt]. The summed E-state index contributed by atoms with van der Waals surface area (Å²) in [6.07, 6.45) is 5.81. The Hall–Kier alpha value is -9.09. The van der Waals surface area contributed by atoms with Gasteiger partial charge >= 0.3 is 0 Å². The van der Waals surface area contributed by atoms with E-state index in [9.17, 15) is 0 Å². The third-order valence-electron chi connectivity index (χ3n) is 17.4. The molecule has 0 N–H and O–H groups in total. The van der Waals surface area contributed by atoms with Crippen LogP contribution < -0.4 is 9.30 Å². The third-order valence-corrected chi connectivity index (χ3v) is 17.4. The van der Waals surface area contributed by atoms with Gasteiger partial charge in [-0.3, -0.25) is 4.57 Å². The maximum Gasteiger partial charge on any atom is 0.268 e. The van der Waals surface area contributed by atoms with Crippen LogP contribution >= 0.6 is 0 Å². The first-order valence-electron chi connectivity index (χ1n) is 30.7. The molecule has 0 saturated heterocycles. The van der Waals surface area contributed by atoms with Crippen LogP contribution in [0.3, 0.4) is 0 Å². The molecule has 4 heterocycles. The topological polar surface area (TPSA) is 49.0 Å². The number of hydrogen-bond donors (Lipinski definition) is 0. The number of pyridine rings is 1. The van der Waals surface area contributed by atoms with Crippen molar-refractivity contribution in [1.29, 1.82) is 0 Å². The minimum absolute atomic E-state index is 0. The Balaban J connectivity index is 0.00000729. The summed E-state index contributed by atoms with van der Waals surface area (Å²) >= 11 is 0. The van der Waals surface area contributed by atoms with Crippen molar-refractivity contribution in [2.45, 2.75) is 105 Å². The molecule has 0 aliphatic carbocycles. The maximum atomic E-state index is 6.80. The number of para-hydroxylation sites is 4. The van der Waals surface area contributed by atoms with Crippen LogP contribution in [0.2, 0.25) is 0 Å². The van der Waals surface area contributed by atoms with Crippen molar-refractivity contribution in [1.82, 2.24) is 14.1 Å². The summed E-state index contributed by atoms with van der Waals surface area (Å²) in [7, 11) is 0. The van der Waals surface area contributed by atoms with Crippen molar-refractivity contribution < 1.29 is 34.8 Å². The molecule has 4 aromatic heterocycles. The number of hydrogen-bond acceptors (Lipinski definition) is 3. The molecule has 0 bridgehead atoms. The Bertz CT molecular complexity index is 4870. The van der Waals surface area contributed by atoms with E-state index in [1.807, 2.05) is 42.6 Å². The van der Waals surface area contributed by atoms with Gasteiger partial charge in [0.2, 0.25) is 0 Å². The Morgan fingerprint density at radius 3 is 1.60 bits per heavy atom. The van der Waals surface area contributed by atoms with Crippen LogP contribution in [-0.2, 0) is 42.7 Å². The van der Waals surface area contributed by atoms with E-state index in [4.69, 9.17) is 14.1 Å². The molecule has 0 fully saturated rings. The number of fused-ring (bicyclic) bond motifs is 7. The molecule has 0 saturated carbocycles. The average molecular weight is 1340 g/mol. The van der Waals surface area contributed by atoms with Crippen LogP contribution in [-0.4, -0.2) is 14.1 Å². The van der Waals surface area contributed by atoms with Gasteiger partial charge in [-0.25, -0.2) is 4.98 Å². The van der Waals surface area contributed by atoms with E-state index in [-0.39, 0.29) is 42.7 Å². The average Bonchev–Trinajstić information content (AvgIpc) is 1.75. The first-order valence-corrected chi connectivity index (χ1v) is 30.7. The van der Waals surface area contributed by atoms with Crippen LogP contribution in [0.1, 0.15) is 105 Å². The molecule has 0 aliphatic rings. The summed E-state index contributed by atoms with van der Waals surface area (Å²) in [5, 5.41) is 4.23. The molecule has 0 atom stereocenters. The molecule has 89 heavy (non-hydrogen) atoms. The van der Waals surface area contributed by atoms with E-state index < -0.39 is 0 Å². The fourth-order valence-electron chi connectivity index (χ4n) is 12.3. The molecular weight excluding hydrogens is 1270 g/mol. The largest absolute Gasteiger partial charge is 0.510 e.